The van der Waals surface area contributed by atoms with E-state index in [0.29, 0.717) is 0 Å². The van der Waals surface area contributed by atoms with E-state index in [1.807, 2.05) is 6.07 Å². The van der Waals surface area contributed by atoms with E-state index in [-0.39, 0.29) is 17.9 Å². The number of likely N-dealkylation sites (tertiary alicyclic amines) is 1. The number of rotatable bonds is 3. The van der Waals surface area contributed by atoms with Crippen molar-refractivity contribution < 1.29 is 4.39 Å². The number of nitrogens with zero attached hydrogens (tertiary/aromatic N) is 1. The van der Waals surface area contributed by atoms with E-state index in [9.17, 15) is 4.39 Å². The quantitative estimate of drug-likeness (QED) is 0.925. The summed E-state index contributed by atoms with van der Waals surface area (Å²) in [4.78, 5) is 2.32. The van der Waals surface area contributed by atoms with Crippen molar-refractivity contribution >= 4 is 15.9 Å². The van der Waals surface area contributed by atoms with Crippen LogP contribution in [0.3, 0.4) is 0 Å². The van der Waals surface area contributed by atoms with E-state index >= 15 is 0 Å². The van der Waals surface area contributed by atoms with Gasteiger partial charge in [-0.05, 0) is 50.6 Å². The summed E-state index contributed by atoms with van der Waals surface area (Å²) in [6.07, 6.45) is 3.14. The van der Waals surface area contributed by atoms with E-state index in [0.717, 1.165) is 42.4 Å². The lowest BCUT2D eigenvalue weighted by atomic mass is 9.90. The molecule has 0 radical (unpaired) electrons. The average molecular weight is 315 g/mol. The molecular formula is C14H20BrFN2. The molecule has 2 nitrogen and oxygen atoms in total. The maximum Gasteiger partial charge on any atom is 0.128 e. The molecule has 0 saturated carbocycles. The smallest absolute Gasteiger partial charge is 0.128 e. The second-order valence-electron chi connectivity index (χ2n) is 4.95. The summed E-state index contributed by atoms with van der Waals surface area (Å²) in [7, 11) is 0. The average Bonchev–Trinajstić information content (AvgIpc) is 2.34. The topological polar surface area (TPSA) is 29.3 Å². The van der Waals surface area contributed by atoms with E-state index in [4.69, 9.17) is 5.73 Å². The number of halogens is 2. The first-order valence-corrected chi connectivity index (χ1v) is 7.37. The number of hydrogen-bond donors (Lipinski definition) is 1. The Morgan fingerprint density at radius 2 is 2.28 bits per heavy atom. The fraction of sp³-hybridized carbons (Fsp3) is 0.571. The molecule has 2 atom stereocenters. The highest BCUT2D eigenvalue weighted by atomic mass is 79.9. The second-order valence-corrected chi connectivity index (χ2v) is 5.87. The van der Waals surface area contributed by atoms with Crippen molar-refractivity contribution in [1.29, 1.82) is 0 Å². The van der Waals surface area contributed by atoms with Crippen molar-refractivity contribution in [3.05, 3.63) is 34.1 Å². The lowest BCUT2D eigenvalue weighted by molar-refractivity contribution is 0.125. The van der Waals surface area contributed by atoms with Crippen LogP contribution in [0.15, 0.2) is 22.7 Å². The minimum Gasteiger partial charge on any atom is -0.326 e. The summed E-state index contributed by atoms with van der Waals surface area (Å²) in [5, 5.41) is 0. The molecule has 2 N–H and O–H groups in total. The molecule has 0 aromatic heterocycles. The minimum atomic E-state index is -0.151. The lowest BCUT2D eigenvalue weighted by Gasteiger charge is -2.40. The number of nitrogens with two attached hydrogens (primary N) is 1. The number of hydrogen-bond acceptors (Lipinski definition) is 2. The molecule has 2 unspecified atom stereocenters. The first kappa shape index (κ1) is 14.0. The molecular weight excluding hydrogens is 295 g/mol. The maximum absolute atomic E-state index is 14.0. The first-order chi connectivity index (χ1) is 8.63. The van der Waals surface area contributed by atoms with Gasteiger partial charge in [0.1, 0.15) is 5.82 Å². The summed E-state index contributed by atoms with van der Waals surface area (Å²) in [5.41, 5.74) is 6.95. The van der Waals surface area contributed by atoms with Crippen LogP contribution in [0.5, 0.6) is 0 Å². The fourth-order valence-corrected chi connectivity index (χ4v) is 3.18. The molecule has 1 aliphatic rings. The van der Waals surface area contributed by atoms with Gasteiger partial charge in [0.2, 0.25) is 0 Å². The Hall–Kier alpha value is -0.450. The second kappa shape index (κ2) is 6.13. The van der Waals surface area contributed by atoms with Gasteiger partial charge in [-0.15, -0.1) is 0 Å². The third kappa shape index (κ3) is 2.92. The van der Waals surface area contributed by atoms with Crippen molar-refractivity contribution in [2.75, 3.05) is 13.1 Å². The van der Waals surface area contributed by atoms with Crippen molar-refractivity contribution in [1.82, 2.24) is 4.90 Å². The highest BCUT2D eigenvalue weighted by molar-refractivity contribution is 9.10. The summed E-state index contributed by atoms with van der Waals surface area (Å²) in [5.74, 6) is -0.151. The van der Waals surface area contributed by atoms with Crippen molar-refractivity contribution in [3.63, 3.8) is 0 Å². The van der Waals surface area contributed by atoms with Gasteiger partial charge >= 0.3 is 0 Å². The zero-order chi connectivity index (χ0) is 13.1. The Balaban J connectivity index is 2.33. The fourth-order valence-electron chi connectivity index (χ4n) is 2.80. The van der Waals surface area contributed by atoms with Crippen molar-refractivity contribution in [3.8, 4) is 0 Å². The molecule has 1 aromatic rings. The molecule has 1 aliphatic heterocycles. The minimum absolute atomic E-state index is 0.0104. The van der Waals surface area contributed by atoms with Gasteiger partial charge in [0, 0.05) is 16.1 Å². The molecule has 1 fully saturated rings. The summed E-state index contributed by atoms with van der Waals surface area (Å²) in [6.45, 7) is 4.14. The molecule has 4 heteroatoms. The van der Waals surface area contributed by atoms with Crippen LogP contribution in [0.4, 0.5) is 4.39 Å². The summed E-state index contributed by atoms with van der Waals surface area (Å²) >= 11 is 3.42. The third-order valence-electron chi connectivity index (χ3n) is 3.57. The van der Waals surface area contributed by atoms with Gasteiger partial charge < -0.3 is 5.73 Å². The molecule has 0 bridgehead atoms. The van der Waals surface area contributed by atoms with E-state index in [1.165, 1.54) is 6.07 Å². The third-order valence-corrected chi connectivity index (χ3v) is 4.06. The SMILES string of the molecule is CCCN1CCCC(N)C1c1cc(Br)ccc1F. The first-order valence-electron chi connectivity index (χ1n) is 6.58. The Labute approximate surface area is 116 Å². The molecule has 1 aromatic carbocycles. The highest BCUT2D eigenvalue weighted by Crippen LogP contribution is 2.33. The molecule has 0 spiro atoms. The molecule has 0 amide bonds. The van der Waals surface area contributed by atoms with Crippen LogP contribution in [0.1, 0.15) is 37.8 Å². The molecule has 18 heavy (non-hydrogen) atoms. The number of piperidine rings is 1. The van der Waals surface area contributed by atoms with Crippen LogP contribution in [0, 0.1) is 5.82 Å². The standard InChI is InChI=1S/C14H20BrFN2/c1-2-7-18-8-3-4-13(17)14(18)11-9-10(15)5-6-12(11)16/h5-6,9,13-14H,2-4,7-8,17H2,1H3. The molecule has 1 heterocycles. The van der Waals surface area contributed by atoms with Crippen LogP contribution in [0.25, 0.3) is 0 Å². The predicted molar refractivity (Wildman–Crippen MR) is 75.9 cm³/mol. The Morgan fingerprint density at radius 1 is 1.50 bits per heavy atom. The van der Waals surface area contributed by atoms with Gasteiger partial charge in [-0.2, -0.15) is 0 Å². The molecule has 0 aliphatic carbocycles. The van der Waals surface area contributed by atoms with E-state index in [1.54, 1.807) is 6.07 Å². The Bertz CT molecular complexity index is 409. The lowest BCUT2D eigenvalue weighted by Crippen LogP contribution is -2.46. The van der Waals surface area contributed by atoms with Crippen molar-refractivity contribution in [2.45, 2.75) is 38.3 Å². The van der Waals surface area contributed by atoms with Crippen LogP contribution >= 0.6 is 15.9 Å². The highest BCUT2D eigenvalue weighted by Gasteiger charge is 2.31. The van der Waals surface area contributed by atoms with Gasteiger partial charge in [0.25, 0.3) is 0 Å². The summed E-state index contributed by atoms with van der Waals surface area (Å²) < 4.78 is 14.9. The zero-order valence-electron chi connectivity index (χ0n) is 10.7. The van der Waals surface area contributed by atoms with Gasteiger partial charge in [0.15, 0.2) is 0 Å². The van der Waals surface area contributed by atoms with Gasteiger partial charge in [-0.1, -0.05) is 22.9 Å². The normalized spacial score (nSPS) is 25.3. The summed E-state index contributed by atoms with van der Waals surface area (Å²) in [6, 6.07) is 5.15. The zero-order valence-corrected chi connectivity index (χ0v) is 12.3. The van der Waals surface area contributed by atoms with Gasteiger partial charge in [-0.3, -0.25) is 4.90 Å². The molecule has 1 saturated heterocycles. The van der Waals surface area contributed by atoms with Crippen LogP contribution < -0.4 is 5.73 Å². The van der Waals surface area contributed by atoms with Gasteiger partial charge in [0.05, 0.1) is 6.04 Å². The maximum atomic E-state index is 14.0. The molecule has 100 valence electrons. The van der Waals surface area contributed by atoms with Gasteiger partial charge in [-0.25, -0.2) is 4.39 Å². The Morgan fingerprint density at radius 3 is 3.00 bits per heavy atom. The Kier molecular flexibility index (Phi) is 4.76. The van der Waals surface area contributed by atoms with E-state index < -0.39 is 0 Å². The molecule has 2 rings (SSSR count). The monoisotopic (exact) mass is 314 g/mol. The number of benzene rings is 1. The van der Waals surface area contributed by atoms with Crippen LogP contribution in [-0.4, -0.2) is 24.0 Å². The van der Waals surface area contributed by atoms with Crippen molar-refractivity contribution in [2.24, 2.45) is 5.73 Å². The van der Waals surface area contributed by atoms with E-state index in [2.05, 4.69) is 27.8 Å². The van der Waals surface area contributed by atoms with Crippen LogP contribution in [-0.2, 0) is 0 Å². The predicted octanol–water partition coefficient (Wildman–Crippen LogP) is 3.46. The largest absolute Gasteiger partial charge is 0.326 e. The van der Waals surface area contributed by atoms with Crippen LogP contribution in [0.2, 0.25) is 0 Å².